The molecule has 21 heavy (non-hydrogen) atoms. The number of benzene rings is 1. The van der Waals surface area contributed by atoms with Gasteiger partial charge in [-0.2, -0.15) is 0 Å². The third-order valence-electron chi connectivity index (χ3n) is 2.86. The van der Waals surface area contributed by atoms with Gasteiger partial charge in [-0.05, 0) is 23.8 Å². The highest BCUT2D eigenvalue weighted by Gasteiger charge is 2.21. The van der Waals surface area contributed by atoms with Crippen LogP contribution in [0.1, 0.15) is 28.5 Å². The van der Waals surface area contributed by atoms with Crippen molar-refractivity contribution in [2.24, 2.45) is 0 Å². The highest BCUT2D eigenvalue weighted by molar-refractivity contribution is 6.31. The predicted molar refractivity (Wildman–Crippen MR) is 78.1 cm³/mol. The van der Waals surface area contributed by atoms with Crippen LogP contribution in [0.4, 0.5) is 0 Å². The summed E-state index contributed by atoms with van der Waals surface area (Å²) in [4.78, 5) is 27.0. The minimum absolute atomic E-state index is 0.222. The van der Waals surface area contributed by atoms with Gasteiger partial charge in [-0.15, -0.1) is 0 Å². The maximum absolute atomic E-state index is 12.1. The lowest BCUT2D eigenvalue weighted by molar-refractivity contribution is -0.137. The fourth-order valence-electron chi connectivity index (χ4n) is 1.90. The summed E-state index contributed by atoms with van der Waals surface area (Å²) in [7, 11) is 0. The number of aromatic nitrogens is 1. The van der Waals surface area contributed by atoms with Gasteiger partial charge in [0.2, 0.25) is 0 Å². The number of carboxylic acids is 1. The molecule has 1 aromatic heterocycles. The Morgan fingerprint density at radius 1 is 1.19 bits per heavy atom. The van der Waals surface area contributed by atoms with E-state index in [1.165, 1.54) is 6.20 Å². The van der Waals surface area contributed by atoms with Crippen LogP contribution in [0.5, 0.6) is 0 Å². The van der Waals surface area contributed by atoms with Crippen LogP contribution in [0.25, 0.3) is 0 Å². The number of halogens is 1. The zero-order valence-corrected chi connectivity index (χ0v) is 11.7. The predicted octanol–water partition coefficient (Wildman–Crippen LogP) is 2.68. The number of nitrogens with zero attached hydrogens (tertiary/aromatic N) is 1. The molecule has 0 fully saturated rings. The number of pyridine rings is 1. The minimum atomic E-state index is -1.03. The topological polar surface area (TPSA) is 79.3 Å². The monoisotopic (exact) mass is 304 g/mol. The number of rotatable bonds is 5. The molecule has 0 bridgehead atoms. The molecule has 1 amide bonds. The molecule has 1 atom stereocenters. The van der Waals surface area contributed by atoms with Crippen molar-refractivity contribution in [2.45, 2.75) is 12.5 Å². The number of aliphatic carboxylic acids is 1. The van der Waals surface area contributed by atoms with Gasteiger partial charge in [-0.25, -0.2) is 0 Å². The average Bonchev–Trinajstić information content (AvgIpc) is 2.47. The summed E-state index contributed by atoms with van der Waals surface area (Å²) in [6, 6.07) is 11.0. The summed E-state index contributed by atoms with van der Waals surface area (Å²) < 4.78 is 0. The lowest BCUT2D eigenvalue weighted by atomic mass is 10.0. The number of hydrogen-bond donors (Lipinski definition) is 2. The van der Waals surface area contributed by atoms with Crippen LogP contribution < -0.4 is 5.32 Å². The Morgan fingerprint density at radius 2 is 1.90 bits per heavy atom. The molecule has 2 aromatic rings. The average molecular weight is 305 g/mol. The summed E-state index contributed by atoms with van der Waals surface area (Å²) in [5, 5.41) is 12.1. The summed E-state index contributed by atoms with van der Waals surface area (Å²) >= 11 is 6.07. The van der Waals surface area contributed by atoms with Gasteiger partial charge >= 0.3 is 5.97 Å². The second-order valence-electron chi connectivity index (χ2n) is 4.36. The number of amides is 1. The van der Waals surface area contributed by atoms with Gasteiger partial charge in [0.05, 0.1) is 12.5 Å². The molecule has 6 heteroatoms. The van der Waals surface area contributed by atoms with E-state index in [0.717, 1.165) is 0 Å². The van der Waals surface area contributed by atoms with Gasteiger partial charge in [0.1, 0.15) is 5.69 Å². The van der Waals surface area contributed by atoms with E-state index < -0.39 is 17.9 Å². The SMILES string of the molecule is O=C(O)C[C@@H](NC(=O)c1ccccn1)c1ccccc1Cl. The number of hydrogen-bond acceptors (Lipinski definition) is 3. The molecular weight excluding hydrogens is 292 g/mol. The van der Waals surface area contributed by atoms with Gasteiger partial charge in [-0.3, -0.25) is 14.6 Å². The lowest BCUT2D eigenvalue weighted by Gasteiger charge is -2.18. The minimum Gasteiger partial charge on any atom is -0.481 e. The van der Waals surface area contributed by atoms with Crippen molar-refractivity contribution in [2.75, 3.05) is 0 Å². The van der Waals surface area contributed by atoms with Crippen LogP contribution in [0.15, 0.2) is 48.7 Å². The van der Waals surface area contributed by atoms with E-state index in [2.05, 4.69) is 10.3 Å². The van der Waals surface area contributed by atoms with Gasteiger partial charge in [-0.1, -0.05) is 35.9 Å². The normalized spacial score (nSPS) is 11.7. The van der Waals surface area contributed by atoms with E-state index in [1.807, 2.05) is 0 Å². The van der Waals surface area contributed by atoms with Crippen molar-refractivity contribution in [1.82, 2.24) is 10.3 Å². The highest BCUT2D eigenvalue weighted by Crippen LogP contribution is 2.25. The quantitative estimate of drug-likeness (QED) is 0.890. The van der Waals surface area contributed by atoms with Crippen LogP contribution in [0.3, 0.4) is 0 Å². The highest BCUT2D eigenvalue weighted by atomic mass is 35.5. The number of carbonyl (C=O) groups is 2. The second-order valence-corrected chi connectivity index (χ2v) is 4.77. The molecule has 1 heterocycles. The van der Waals surface area contributed by atoms with Crippen LogP contribution in [-0.4, -0.2) is 22.0 Å². The molecule has 0 aliphatic heterocycles. The smallest absolute Gasteiger partial charge is 0.305 e. The lowest BCUT2D eigenvalue weighted by Crippen LogP contribution is -2.30. The maximum Gasteiger partial charge on any atom is 0.305 e. The summed E-state index contributed by atoms with van der Waals surface area (Å²) in [6.07, 6.45) is 1.24. The zero-order valence-electron chi connectivity index (χ0n) is 11.0. The first-order valence-electron chi connectivity index (χ1n) is 6.26. The van der Waals surface area contributed by atoms with E-state index in [0.29, 0.717) is 10.6 Å². The molecule has 5 nitrogen and oxygen atoms in total. The van der Waals surface area contributed by atoms with Crippen LogP contribution >= 0.6 is 11.6 Å². The van der Waals surface area contributed by atoms with Crippen LogP contribution in [-0.2, 0) is 4.79 Å². The summed E-state index contributed by atoms with van der Waals surface area (Å²) in [6.45, 7) is 0. The molecule has 0 saturated heterocycles. The van der Waals surface area contributed by atoms with E-state index in [9.17, 15) is 9.59 Å². The largest absolute Gasteiger partial charge is 0.481 e. The molecule has 1 aromatic carbocycles. The molecule has 2 rings (SSSR count). The zero-order chi connectivity index (χ0) is 15.2. The first-order chi connectivity index (χ1) is 10.1. The van der Waals surface area contributed by atoms with Gasteiger partial charge in [0.25, 0.3) is 5.91 Å². The van der Waals surface area contributed by atoms with Gasteiger partial charge in [0, 0.05) is 11.2 Å². The van der Waals surface area contributed by atoms with Crippen LogP contribution in [0.2, 0.25) is 5.02 Å². The molecule has 0 saturated carbocycles. The summed E-state index contributed by atoms with van der Waals surface area (Å²) in [5.41, 5.74) is 0.783. The van der Waals surface area contributed by atoms with Crippen molar-refractivity contribution in [1.29, 1.82) is 0 Å². The van der Waals surface area contributed by atoms with Crippen molar-refractivity contribution in [3.8, 4) is 0 Å². The first kappa shape index (κ1) is 15.0. The van der Waals surface area contributed by atoms with Crippen molar-refractivity contribution in [3.63, 3.8) is 0 Å². The van der Waals surface area contributed by atoms with Crippen molar-refractivity contribution in [3.05, 3.63) is 64.9 Å². The molecule has 0 unspecified atom stereocenters. The molecule has 0 radical (unpaired) electrons. The number of carboxylic acid groups (broad SMARTS) is 1. The molecule has 108 valence electrons. The fourth-order valence-corrected chi connectivity index (χ4v) is 2.17. The molecule has 0 aliphatic carbocycles. The van der Waals surface area contributed by atoms with E-state index in [4.69, 9.17) is 16.7 Å². The van der Waals surface area contributed by atoms with E-state index >= 15 is 0 Å². The third kappa shape index (κ3) is 4.03. The van der Waals surface area contributed by atoms with E-state index in [-0.39, 0.29) is 12.1 Å². The Balaban J connectivity index is 2.23. The first-order valence-corrected chi connectivity index (χ1v) is 6.64. The third-order valence-corrected chi connectivity index (χ3v) is 3.21. The Bertz CT molecular complexity index is 646. The standard InChI is InChI=1S/C15H13ClN2O3/c16-11-6-2-1-5-10(11)13(9-14(19)20)18-15(21)12-7-3-4-8-17-12/h1-8,13H,9H2,(H,18,21)(H,19,20)/t13-/m1/s1. The Hall–Kier alpha value is -2.40. The molecule has 0 spiro atoms. The fraction of sp³-hybridized carbons (Fsp3) is 0.133. The maximum atomic E-state index is 12.1. The molecular formula is C15H13ClN2O3. The Kier molecular flexibility index (Phi) is 4.90. The van der Waals surface area contributed by atoms with Crippen molar-refractivity contribution < 1.29 is 14.7 Å². The Labute approximate surface area is 126 Å². The van der Waals surface area contributed by atoms with E-state index in [1.54, 1.807) is 42.5 Å². The number of carbonyl (C=O) groups excluding carboxylic acids is 1. The van der Waals surface area contributed by atoms with Crippen LogP contribution in [0, 0.1) is 0 Å². The second kappa shape index (κ2) is 6.85. The molecule has 0 aliphatic rings. The summed E-state index contributed by atoms with van der Waals surface area (Å²) in [5.74, 6) is -1.47. The van der Waals surface area contributed by atoms with Crippen molar-refractivity contribution >= 4 is 23.5 Å². The Morgan fingerprint density at radius 3 is 2.52 bits per heavy atom. The molecule has 2 N–H and O–H groups in total. The number of nitrogens with one attached hydrogen (secondary N) is 1. The van der Waals surface area contributed by atoms with Gasteiger partial charge in [0.15, 0.2) is 0 Å². The van der Waals surface area contributed by atoms with Gasteiger partial charge < -0.3 is 10.4 Å².